The minimum Gasteiger partial charge on any atom is -0.497 e. The maximum Gasteiger partial charge on any atom is 0.191 e. The topological polar surface area (TPSA) is 68.0 Å². The third-order valence-electron chi connectivity index (χ3n) is 3.67. The zero-order chi connectivity index (χ0) is 17.7. The molecule has 2 rings (SSSR count). The van der Waals surface area contributed by atoms with Crippen molar-refractivity contribution >= 4 is 29.9 Å². The molecule has 2 N–H and O–H groups in total. The highest BCUT2D eigenvalue weighted by Gasteiger charge is 2.01. The molecule has 0 saturated heterocycles. The summed E-state index contributed by atoms with van der Waals surface area (Å²) >= 11 is 0. The van der Waals surface area contributed by atoms with Crippen LogP contribution >= 0.6 is 24.0 Å². The molecule has 1 aromatic heterocycles. The van der Waals surface area contributed by atoms with Gasteiger partial charge in [0.15, 0.2) is 5.96 Å². The first-order valence-corrected chi connectivity index (χ1v) is 8.48. The van der Waals surface area contributed by atoms with Crippen molar-refractivity contribution in [3.8, 4) is 5.75 Å². The lowest BCUT2D eigenvalue weighted by Crippen LogP contribution is -2.39. The molecule has 1 aromatic carbocycles. The summed E-state index contributed by atoms with van der Waals surface area (Å²) < 4.78 is 15.6. The molecule has 0 aliphatic heterocycles. The van der Waals surface area contributed by atoms with E-state index in [0.29, 0.717) is 13.2 Å². The molecule has 0 saturated carbocycles. The largest absolute Gasteiger partial charge is 0.497 e. The summed E-state index contributed by atoms with van der Waals surface area (Å²) in [6.45, 7) is 2.78. The van der Waals surface area contributed by atoms with Gasteiger partial charge in [0, 0.05) is 26.6 Å². The zero-order valence-electron chi connectivity index (χ0n) is 15.4. The molecule has 2 aromatic rings. The van der Waals surface area contributed by atoms with Gasteiger partial charge in [0.2, 0.25) is 0 Å². The standard InChI is InChI=1S/C19H27N3O3.HI/c1-23-15-13-22-19(21-12-10-18-4-3-14-25-18)20-11-9-16-5-7-17(24-2)8-6-16;/h3-8,14H,9-13,15H2,1-2H3,(H2,20,21,22);1H. The van der Waals surface area contributed by atoms with Crippen molar-refractivity contribution in [2.24, 2.45) is 4.99 Å². The Bertz CT molecular complexity index is 615. The molecule has 0 aliphatic carbocycles. The Morgan fingerprint density at radius 3 is 2.38 bits per heavy atom. The number of methoxy groups -OCH3 is 2. The van der Waals surface area contributed by atoms with Gasteiger partial charge in [0.1, 0.15) is 11.5 Å². The van der Waals surface area contributed by atoms with Crippen LogP contribution in [0.1, 0.15) is 11.3 Å². The number of hydrogen-bond donors (Lipinski definition) is 2. The molecule has 0 fully saturated rings. The predicted molar refractivity (Wildman–Crippen MR) is 115 cm³/mol. The SMILES string of the molecule is COCCN=C(NCCc1ccc(OC)cc1)NCCc1ccco1.I. The van der Waals surface area contributed by atoms with Crippen LogP contribution in [-0.4, -0.2) is 46.4 Å². The van der Waals surface area contributed by atoms with Crippen LogP contribution in [0.3, 0.4) is 0 Å². The summed E-state index contributed by atoms with van der Waals surface area (Å²) in [5.41, 5.74) is 1.25. The van der Waals surface area contributed by atoms with Crippen molar-refractivity contribution in [3.05, 3.63) is 54.0 Å². The van der Waals surface area contributed by atoms with Crippen molar-refractivity contribution in [2.45, 2.75) is 12.8 Å². The normalized spacial score (nSPS) is 10.9. The van der Waals surface area contributed by atoms with Crippen LogP contribution in [0, 0.1) is 0 Å². The maximum absolute atomic E-state index is 5.34. The summed E-state index contributed by atoms with van der Waals surface area (Å²) in [6.07, 6.45) is 3.42. The van der Waals surface area contributed by atoms with Crippen LogP contribution in [0.4, 0.5) is 0 Å². The number of nitrogens with zero attached hydrogens (tertiary/aromatic N) is 1. The Labute approximate surface area is 172 Å². The fourth-order valence-corrected chi connectivity index (χ4v) is 2.30. The van der Waals surface area contributed by atoms with E-state index < -0.39 is 0 Å². The third-order valence-corrected chi connectivity index (χ3v) is 3.67. The zero-order valence-corrected chi connectivity index (χ0v) is 17.7. The van der Waals surface area contributed by atoms with Gasteiger partial charge < -0.3 is 24.5 Å². The Morgan fingerprint density at radius 2 is 1.77 bits per heavy atom. The average molecular weight is 473 g/mol. The van der Waals surface area contributed by atoms with E-state index >= 15 is 0 Å². The van der Waals surface area contributed by atoms with E-state index in [1.165, 1.54) is 5.56 Å². The molecule has 26 heavy (non-hydrogen) atoms. The first-order valence-electron chi connectivity index (χ1n) is 8.48. The Hall–Kier alpha value is -1.74. The molecule has 144 valence electrons. The van der Waals surface area contributed by atoms with E-state index in [1.807, 2.05) is 24.3 Å². The van der Waals surface area contributed by atoms with Gasteiger partial charge in [-0.2, -0.15) is 0 Å². The second-order valence-corrected chi connectivity index (χ2v) is 5.50. The number of hydrogen-bond acceptors (Lipinski definition) is 4. The molecular formula is C19H28IN3O3. The van der Waals surface area contributed by atoms with Gasteiger partial charge >= 0.3 is 0 Å². The van der Waals surface area contributed by atoms with Gasteiger partial charge in [-0.15, -0.1) is 24.0 Å². The Kier molecular flexibility index (Phi) is 11.5. The molecule has 0 amide bonds. The van der Waals surface area contributed by atoms with E-state index in [0.717, 1.165) is 43.4 Å². The van der Waals surface area contributed by atoms with Crippen LogP contribution in [-0.2, 0) is 17.6 Å². The first kappa shape index (κ1) is 22.3. The smallest absolute Gasteiger partial charge is 0.191 e. The number of halogens is 1. The van der Waals surface area contributed by atoms with Gasteiger partial charge in [-0.3, -0.25) is 4.99 Å². The van der Waals surface area contributed by atoms with Crippen molar-refractivity contribution < 1.29 is 13.9 Å². The summed E-state index contributed by atoms with van der Waals surface area (Å²) in [4.78, 5) is 4.51. The van der Waals surface area contributed by atoms with Gasteiger partial charge in [-0.1, -0.05) is 12.1 Å². The molecule has 0 atom stereocenters. The monoisotopic (exact) mass is 473 g/mol. The maximum atomic E-state index is 5.34. The second-order valence-electron chi connectivity index (χ2n) is 5.50. The summed E-state index contributed by atoms with van der Waals surface area (Å²) in [6, 6.07) is 12.0. The Morgan fingerprint density at radius 1 is 1.04 bits per heavy atom. The molecule has 0 radical (unpaired) electrons. The summed E-state index contributed by atoms with van der Waals surface area (Å²) in [7, 11) is 3.35. The van der Waals surface area contributed by atoms with E-state index in [-0.39, 0.29) is 24.0 Å². The molecular weight excluding hydrogens is 445 g/mol. The highest BCUT2D eigenvalue weighted by atomic mass is 127. The predicted octanol–water partition coefficient (Wildman–Crippen LogP) is 2.87. The van der Waals surface area contributed by atoms with E-state index in [9.17, 15) is 0 Å². The number of ether oxygens (including phenoxy) is 2. The van der Waals surface area contributed by atoms with E-state index in [4.69, 9.17) is 13.9 Å². The van der Waals surface area contributed by atoms with Crippen molar-refractivity contribution in [2.75, 3.05) is 40.5 Å². The first-order chi connectivity index (χ1) is 12.3. The minimum absolute atomic E-state index is 0. The lowest BCUT2D eigenvalue weighted by molar-refractivity contribution is 0.208. The van der Waals surface area contributed by atoms with E-state index in [1.54, 1.807) is 20.5 Å². The molecule has 6 nitrogen and oxygen atoms in total. The molecule has 7 heteroatoms. The van der Waals surface area contributed by atoms with Crippen LogP contribution in [0.2, 0.25) is 0 Å². The van der Waals surface area contributed by atoms with Crippen molar-refractivity contribution in [1.29, 1.82) is 0 Å². The van der Waals surface area contributed by atoms with Crippen LogP contribution < -0.4 is 15.4 Å². The highest BCUT2D eigenvalue weighted by molar-refractivity contribution is 14.0. The van der Waals surface area contributed by atoms with Gasteiger partial charge in [-0.25, -0.2) is 0 Å². The van der Waals surface area contributed by atoms with Gasteiger partial charge in [0.05, 0.1) is 26.5 Å². The number of nitrogens with one attached hydrogen (secondary N) is 2. The summed E-state index contributed by atoms with van der Waals surface area (Å²) in [5, 5.41) is 6.68. The molecule has 0 unspecified atom stereocenters. The Balaban J connectivity index is 0.00000338. The quantitative estimate of drug-likeness (QED) is 0.241. The summed E-state index contributed by atoms with van der Waals surface area (Å²) in [5.74, 6) is 2.62. The van der Waals surface area contributed by atoms with E-state index in [2.05, 4.69) is 27.8 Å². The highest BCUT2D eigenvalue weighted by Crippen LogP contribution is 2.11. The van der Waals surface area contributed by atoms with Crippen LogP contribution in [0.5, 0.6) is 5.75 Å². The van der Waals surface area contributed by atoms with Gasteiger partial charge in [-0.05, 0) is 36.2 Å². The number of furan rings is 1. The number of benzene rings is 1. The average Bonchev–Trinajstić information content (AvgIpc) is 3.15. The second kappa shape index (κ2) is 13.5. The molecule has 0 bridgehead atoms. The van der Waals surface area contributed by atoms with Gasteiger partial charge in [0.25, 0.3) is 0 Å². The van der Waals surface area contributed by atoms with Crippen molar-refractivity contribution in [3.63, 3.8) is 0 Å². The minimum atomic E-state index is 0. The molecule has 0 aliphatic rings. The third kappa shape index (κ3) is 8.57. The number of guanidine groups is 1. The fourth-order valence-electron chi connectivity index (χ4n) is 2.30. The fraction of sp³-hybridized carbons (Fsp3) is 0.421. The lowest BCUT2D eigenvalue weighted by atomic mass is 10.1. The van der Waals surface area contributed by atoms with Crippen LogP contribution in [0.15, 0.2) is 52.1 Å². The molecule has 1 heterocycles. The number of rotatable bonds is 10. The lowest BCUT2D eigenvalue weighted by Gasteiger charge is -2.12. The number of aliphatic imine (C=N–C) groups is 1. The van der Waals surface area contributed by atoms with Crippen molar-refractivity contribution in [1.82, 2.24) is 10.6 Å². The van der Waals surface area contributed by atoms with Crippen LogP contribution in [0.25, 0.3) is 0 Å². The molecule has 0 spiro atoms.